The number of hydrogen-bond donors (Lipinski definition) is 1. The SMILES string of the molecule is CCCNC(=O)[C@@H]1CN(C(=O)c2ccc(F)cc2)C[C@@H]1c1cccc(OC)c1OC. The average molecular weight is 414 g/mol. The molecular weight excluding hydrogens is 387 g/mol. The van der Waals surface area contributed by atoms with Gasteiger partial charge in [0.25, 0.3) is 5.91 Å². The number of para-hydroxylation sites is 1. The molecule has 2 aromatic carbocycles. The largest absolute Gasteiger partial charge is 0.493 e. The van der Waals surface area contributed by atoms with Crippen molar-refractivity contribution in [1.29, 1.82) is 0 Å². The predicted molar refractivity (Wildman–Crippen MR) is 111 cm³/mol. The van der Waals surface area contributed by atoms with Crippen molar-refractivity contribution in [1.82, 2.24) is 10.2 Å². The Kier molecular flexibility index (Phi) is 6.92. The number of amides is 2. The Labute approximate surface area is 176 Å². The molecule has 30 heavy (non-hydrogen) atoms. The fourth-order valence-corrected chi connectivity index (χ4v) is 3.91. The van der Waals surface area contributed by atoms with Crippen molar-refractivity contribution in [2.24, 2.45) is 5.92 Å². The lowest BCUT2D eigenvalue weighted by molar-refractivity contribution is -0.124. The van der Waals surface area contributed by atoms with Gasteiger partial charge in [-0.25, -0.2) is 4.39 Å². The van der Waals surface area contributed by atoms with Crippen LogP contribution in [0.1, 0.15) is 35.2 Å². The Morgan fingerprint density at radius 3 is 2.47 bits per heavy atom. The van der Waals surface area contributed by atoms with Gasteiger partial charge in [-0.05, 0) is 36.8 Å². The molecule has 0 radical (unpaired) electrons. The molecule has 0 aromatic heterocycles. The van der Waals surface area contributed by atoms with Crippen LogP contribution in [0.2, 0.25) is 0 Å². The molecule has 2 aromatic rings. The van der Waals surface area contributed by atoms with Crippen molar-refractivity contribution in [2.45, 2.75) is 19.3 Å². The topological polar surface area (TPSA) is 67.9 Å². The third-order valence-corrected chi connectivity index (χ3v) is 5.42. The summed E-state index contributed by atoms with van der Waals surface area (Å²) in [6.45, 7) is 3.19. The molecule has 0 unspecified atom stereocenters. The van der Waals surface area contributed by atoms with E-state index in [1.807, 2.05) is 19.1 Å². The first-order valence-corrected chi connectivity index (χ1v) is 10.0. The maximum atomic E-state index is 13.2. The number of ether oxygens (including phenoxy) is 2. The van der Waals surface area contributed by atoms with Gasteiger partial charge in [-0.15, -0.1) is 0 Å². The van der Waals surface area contributed by atoms with Crippen LogP contribution in [0.4, 0.5) is 4.39 Å². The zero-order valence-corrected chi connectivity index (χ0v) is 17.5. The zero-order valence-electron chi connectivity index (χ0n) is 17.5. The summed E-state index contributed by atoms with van der Waals surface area (Å²) in [5.41, 5.74) is 1.21. The van der Waals surface area contributed by atoms with Crippen molar-refractivity contribution >= 4 is 11.8 Å². The van der Waals surface area contributed by atoms with Crippen LogP contribution in [0, 0.1) is 11.7 Å². The average Bonchev–Trinajstić information content (AvgIpc) is 3.22. The van der Waals surface area contributed by atoms with Gasteiger partial charge in [0.1, 0.15) is 5.82 Å². The molecule has 0 bridgehead atoms. The molecule has 0 spiro atoms. The number of halogens is 1. The first-order valence-electron chi connectivity index (χ1n) is 10.0. The summed E-state index contributed by atoms with van der Waals surface area (Å²) in [4.78, 5) is 27.6. The monoisotopic (exact) mass is 414 g/mol. The fourth-order valence-electron chi connectivity index (χ4n) is 3.91. The highest BCUT2D eigenvalue weighted by Crippen LogP contribution is 2.42. The number of carbonyl (C=O) groups excluding carboxylic acids is 2. The number of rotatable bonds is 7. The zero-order chi connectivity index (χ0) is 21.7. The van der Waals surface area contributed by atoms with Gasteiger partial charge in [0.2, 0.25) is 5.91 Å². The van der Waals surface area contributed by atoms with Gasteiger partial charge in [-0.3, -0.25) is 9.59 Å². The summed E-state index contributed by atoms with van der Waals surface area (Å²) in [5.74, 6) is -0.267. The summed E-state index contributed by atoms with van der Waals surface area (Å²) >= 11 is 0. The minimum atomic E-state index is -0.429. The van der Waals surface area contributed by atoms with E-state index in [1.165, 1.54) is 24.3 Å². The minimum absolute atomic E-state index is 0.0962. The minimum Gasteiger partial charge on any atom is -0.493 e. The van der Waals surface area contributed by atoms with E-state index >= 15 is 0 Å². The van der Waals surface area contributed by atoms with Crippen molar-refractivity contribution in [3.05, 3.63) is 59.4 Å². The molecule has 1 N–H and O–H groups in total. The molecule has 6 nitrogen and oxygen atoms in total. The number of carbonyl (C=O) groups is 2. The van der Waals surface area contributed by atoms with Crippen LogP contribution in [-0.2, 0) is 4.79 Å². The summed E-state index contributed by atoms with van der Waals surface area (Å²) in [6.07, 6.45) is 0.823. The second-order valence-electron chi connectivity index (χ2n) is 7.30. The van der Waals surface area contributed by atoms with Crippen molar-refractivity contribution < 1.29 is 23.5 Å². The highest BCUT2D eigenvalue weighted by Gasteiger charge is 2.42. The summed E-state index contributed by atoms with van der Waals surface area (Å²) < 4.78 is 24.2. The third kappa shape index (κ3) is 4.40. The molecule has 1 aliphatic rings. The highest BCUT2D eigenvalue weighted by molar-refractivity contribution is 5.95. The molecule has 1 aliphatic heterocycles. The van der Waals surface area contributed by atoms with E-state index in [4.69, 9.17) is 9.47 Å². The van der Waals surface area contributed by atoms with E-state index < -0.39 is 11.7 Å². The van der Waals surface area contributed by atoms with Crippen molar-refractivity contribution in [3.8, 4) is 11.5 Å². The number of likely N-dealkylation sites (tertiary alicyclic amines) is 1. The molecule has 1 fully saturated rings. The van der Waals surface area contributed by atoms with Crippen LogP contribution in [0.25, 0.3) is 0 Å². The molecule has 160 valence electrons. The van der Waals surface area contributed by atoms with Gasteiger partial charge in [0.05, 0.1) is 20.1 Å². The lowest BCUT2D eigenvalue weighted by Crippen LogP contribution is -2.36. The van der Waals surface area contributed by atoms with Gasteiger partial charge in [-0.1, -0.05) is 19.1 Å². The molecule has 0 saturated carbocycles. The number of nitrogens with zero attached hydrogens (tertiary/aromatic N) is 1. The van der Waals surface area contributed by atoms with E-state index in [0.717, 1.165) is 12.0 Å². The maximum absolute atomic E-state index is 13.2. The summed E-state index contributed by atoms with van der Waals surface area (Å²) in [7, 11) is 3.12. The number of hydrogen-bond acceptors (Lipinski definition) is 4. The number of benzene rings is 2. The molecule has 2 amide bonds. The van der Waals surface area contributed by atoms with Crippen LogP contribution in [0.5, 0.6) is 11.5 Å². The van der Waals surface area contributed by atoms with E-state index in [2.05, 4.69) is 5.32 Å². The summed E-state index contributed by atoms with van der Waals surface area (Å²) in [5, 5.41) is 2.95. The van der Waals surface area contributed by atoms with Crippen LogP contribution in [0.15, 0.2) is 42.5 Å². The lowest BCUT2D eigenvalue weighted by atomic mass is 9.87. The van der Waals surface area contributed by atoms with Gasteiger partial charge in [0.15, 0.2) is 11.5 Å². The molecule has 0 aliphatic carbocycles. The third-order valence-electron chi connectivity index (χ3n) is 5.42. The molecule has 3 rings (SSSR count). The maximum Gasteiger partial charge on any atom is 0.253 e. The highest BCUT2D eigenvalue weighted by atomic mass is 19.1. The second kappa shape index (κ2) is 9.61. The normalized spacial score (nSPS) is 18.2. The molecule has 2 atom stereocenters. The van der Waals surface area contributed by atoms with E-state index in [1.54, 1.807) is 25.2 Å². The van der Waals surface area contributed by atoms with Gasteiger partial charge in [-0.2, -0.15) is 0 Å². The molecule has 1 saturated heterocycles. The number of methoxy groups -OCH3 is 2. The lowest BCUT2D eigenvalue weighted by Gasteiger charge is -2.21. The molecule has 1 heterocycles. The Morgan fingerprint density at radius 1 is 1.10 bits per heavy atom. The van der Waals surface area contributed by atoms with Gasteiger partial charge in [0, 0.05) is 36.7 Å². The molecule has 7 heteroatoms. The van der Waals surface area contributed by atoms with Crippen LogP contribution < -0.4 is 14.8 Å². The van der Waals surface area contributed by atoms with Gasteiger partial charge >= 0.3 is 0 Å². The fraction of sp³-hybridized carbons (Fsp3) is 0.391. The smallest absolute Gasteiger partial charge is 0.253 e. The van der Waals surface area contributed by atoms with E-state index in [0.29, 0.717) is 30.2 Å². The first-order chi connectivity index (χ1) is 14.5. The number of nitrogens with one attached hydrogen (secondary N) is 1. The van der Waals surface area contributed by atoms with E-state index in [-0.39, 0.29) is 24.3 Å². The predicted octanol–water partition coefficient (Wildman–Crippen LogP) is 3.22. The first kappa shape index (κ1) is 21.6. The van der Waals surface area contributed by atoms with Crippen LogP contribution >= 0.6 is 0 Å². The van der Waals surface area contributed by atoms with Crippen molar-refractivity contribution in [3.63, 3.8) is 0 Å². The van der Waals surface area contributed by atoms with Crippen molar-refractivity contribution in [2.75, 3.05) is 33.9 Å². The quantitative estimate of drug-likeness (QED) is 0.755. The Morgan fingerprint density at radius 2 is 1.83 bits per heavy atom. The van der Waals surface area contributed by atoms with Crippen LogP contribution in [-0.4, -0.2) is 50.6 Å². The van der Waals surface area contributed by atoms with Crippen LogP contribution in [0.3, 0.4) is 0 Å². The second-order valence-corrected chi connectivity index (χ2v) is 7.30. The Hall–Kier alpha value is -3.09. The Balaban J connectivity index is 1.94. The summed E-state index contributed by atoms with van der Waals surface area (Å²) in [6, 6.07) is 11.0. The van der Waals surface area contributed by atoms with E-state index in [9.17, 15) is 14.0 Å². The Bertz CT molecular complexity index is 901. The van der Waals surface area contributed by atoms with Gasteiger partial charge < -0.3 is 19.7 Å². The molecular formula is C23H27FN2O4. The standard InChI is InChI=1S/C23H27FN2O4/c1-4-12-25-22(27)19-14-26(23(28)15-8-10-16(24)11-9-15)13-18(19)17-6-5-7-20(29-2)21(17)30-3/h5-11,18-19H,4,12-14H2,1-3H3,(H,25,27)/t18-,19-/m1/s1.